The van der Waals surface area contributed by atoms with Crippen molar-refractivity contribution in [3.05, 3.63) is 23.0 Å². The van der Waals surface area contributed by atoms with Gasteiger partial charge in [-0.25, -0.2) is 12.7 Å². The zero-order valence-electron chi connectivity index (χ0n) is 12.2. The second kappa shape index (κ2) is 6.37. The zero-order valence-corrected chi connectivity index (χ0v) is 13.7. The van der Waals surface area contributed by atoms with Gasteiger partial charge >= 0.3 is 0 Å². The number of halogens is 1. The molecule has 2 rings (SSSR count). The Hall–Kier alpha value is -1.05. The summed E-state index contributed by atoms with van der Waals surface area (Å²) in [6.45, 7) is 1.60. The third-order valence-electron chi connectivity index (χ3n) is 3.80. The van der Waals surface area contributed by atoms with Gasteiger partial charge in [0.05, 0.1) is 11.3 Å². The molecule has 1 aliphatic rings. The molecule has 1 amide bonds. The van der Waals surface area contributed by atoms with Crippen LogP contribution in [0.5, 0.6) is 0 Å². The van der Waals surface area contributed by atoms with Crippen LogP contribution in [-0.2, 0) is 17.1 Å². The van der Waals surface area contributed by atoms with Gasteiger partial charge in [0.25, 0.3) is 5.91 Å². The SMILES string of the molecule is Cn1cc(Cl)cc1C(=O)NCC1CCN(S(C)(=O)=O)CC1. The van der Waals surface area contributed by atoms with E-state index in [1.165, 1.54) is 10.6 Å². The fourth-order valence-electron chi connectivity index (χ4n) is 2.52. The third-order valence-corrected chi connectivity index (χ3v) is 5.31. The molecule has 21 heavy (non-hydrogen) atoms. The number of piperidine rings is 1. The van der Waals surface area contributed by atoms with Crippen molar-refractivity contribution in [2.75, 3.05) is 25.9 Å². The quantitative estimate of drug-likeness (QED) is 0.896. The predicted molar refractivity (Wildman–Crippen MR) is 81.9 cm³/mol. The lowest BCUT2D eigenvalue weighted by Gasteiger charge is -2.30. The van der Waals surface area contributed by atoms with Crippen molar-refractivity contribution in [1.29, 1.82) is 0 Å². The Kier molecular flexibility index (Phi) is 4.95. The van der Waals surface area contributed by atoms with Crippen LogP contribution in [0.1, 0.15) is 23.3 Å². The van der Waals surface area contributed by atoms with Gasteiger partial charge in [-0.3, -0.25) is 4.79 Å². The van der Waals surface area contributed by atoms with Crippen molar-refractivity contribution in [2.24, 2.45) is 13.0 Å². The number of aryl methyl sites for hydroxylation is 1. The lowest BCUT2D eigenvalue weighted by atomic mass is 9.98. The molecule has 1 saturated heterocycles. The summed E-state index contributed by atoms with van der Waals surface area (Å²) in [5, 5.41) is 3.42. The van der Waals surface area contributed by atoms with Gasteiger partial charge in [-0.2, -0.15) is 0 Å². The van der Waals surface area contributed by atoms with E-state index in [9.17, 15) is 13.2 Å². The van der Waals surface area contributed by atoms with Crippen LogP contribution >= 0.6 is 11.6 Å². The highest BCUT2D eigenvalue weighted by Gasteiger charge is 2.25. The second-order valence-corrected chi connectivity index (χ2v) is 7.89. The normalized spacial score (nSPS) is 17.9. The molecule has 8 heteroatoms. The molecule has 1 fully saturated rings. The Bertz CT molecular complexity index is 619. The van der Waals surface area contributed by atoms with E-state index in [2.05, 4.69) is 5.32 Å². The summed E-state index contributed by atoms with van der Waals surface area (Å²) >= 11 is 5.85. The first-order valence-corrected chi connectivity index (χ1v) is 9.05. The zero-order chi connectivity index (χ0) is 15.6. The lowest BCUT2D eigenvalue weighted by molar-refractivity contribution is 0.0933. The maximum absolute atomic E-state index is 12.0. The van der Waals surface area contributed by atoms with E-state index >= 15 is 0 Å². The van der Waals surface area contributed by atoms with Crippen molar-refractivity contribution in [3.63, 3.8) is 0 Å². The molecule has 2 heterocycles. The number of amides is 1. The van der Waals surface area contributed by atoms with Gasteiger partial charge < -0.3 is 9.88 Å². The van der Waals surface area contributed by atoms with E-state index in [-0.39, 0.29) is 5.91 Å². The number of hydrogen-bond donors (Lipinski definition) is 1. The Morgan fingerprint density at radius 3 is 2.52 bits per heavy atom. The van der Waals surface area contributed by atoms with Crippen molar-refractivity contribution in [2.45, 2.75) is 12.8 Å². The minimum atomic E-state index is -3.10. The number of sulfonamides is 1. The number of nitrogens with zero attached hydrogens (tertiary/aromatic N) is 2. The molecule has 0 radical (unpaired) electrons. The summed E-state index contributed by atoms with van der Waals surface area (Å²) in [5.41, 5.74) is 0.522. The van der Waals surface area contributed by atoms with Crippen LogP contribution < -0.4 is 5.32 Å². The summed E-state index contributed by atoms with van der Waals surface area (Å²) in [4.78, 5) is 12.0. The number of rotatable bonds is 4. The van der Waals surface area contributed by atoms with E-state index in [0.29, 0.717) is 36.3 Å². The highest BCUT2D eigenvalue weighted by molar-refractivity contribution is 7.88. The highest BCUT2D eigenvalue weighted by atomic mass is 35.5. The van der Waals surface area contributed by atoms with E-state index in [1.807, 2.05) is 0 Å². The van der Waals surface area contributed by atoms with Gasteiger partial charge in [0.2, 0.25) is 10.0 Å². The second-order valence-electron chi connectivity index (χ2n) is 5.47. The molecule has 0 saturated carbocycles. The summed E-state index contributed by atoms with van der Waals surface area (Å²) in [5.74, 6) is 0.151. The van der Waals surface area contributed by atoms with E-state index in [0.717, 1.165) is 12.8 Å². The number of carbonyl (C=O) groups excluding carboxylic acids is 1. The minimum absolute atomic E-state index is 0.157. The first kappa shape index (κ1) is 16.3. The topological polar surface area (TPSA) is 71.4 Å². The Labute approximate surface area is 130 Å². The van der Waals surface area contributed by atoms with Crippen molar-refractivity contribution >= 4 is 27.5 Å². The van der Waals surface area contributed by atoms with E-state index in [1.54, 1.807) is 23.9 Å². The molecule has 1 aromatic heterocycles. The van der Waals surface area contributed by atoms with Crippen LogP contribution in [0.25, 0.3) is 0 Å². The Balaban J connectivity index is 1.82. The molecule has 6 nitrogen and oxygen atoms in total. The standard InChI is InChI=1S/C13H20ClN3O3S/c1-16-9-11(14)7-12(16)13(18)15-8-10-3-5-17(6-4-10)21(2,19)20/h7,9-10H,3-6,8H2,1-2H3,(H,15,18). The fourth-order valence-corrected chi connectivity index (χ4v) is 3.65. The van der Waals surface area contributed by atoms with Crippen LogP contribution in [0, 0.1) is 5.92 Å². The first-order chi connectivity index (χ1) is 9.77. The van der Waals surface area contributed by atoms with Crippen molar-refractivity contribution in [1.82, 2.24) is 14.2 Å². The lowest BCUT2D eigenvalue weighted by Crippen LogP contribution is -2.41. The van der Waals surface area contributed by atoms with E-state index < -0.39 is 10.0 Å². The maximum Gasteiger partial charge on any atom is 0.267 e. The molecular formula is C13H20ClN3O3S. The van der Waals surface area contributed by atoms with Crippen LogP contribution in [0.2, 0.25) is 5.02 Å². The smallest absolute Gasteiger partial charge is 0.267 e. The van der Waals surface area contributed by atoms with Gasteiger partial charge in [0.1, 0.15) is 5.69 Å². The number of carbonyl (C=O) groups is 1. The van der Waals surface area contributed by atoms with Gasteiger partial charge in [0.15, 0.2) is 0 Å². The molecule has 0 atom stereocenters. The van der Waals surface area contributed by atoms with Crippen molar-refractivity contribution < 1.29 is 13.2 Å². The van der Waals surface area contributed by atoms with Crippen LogP contribution in [0.3, 0.4) is 0 Å². The Morgan fingerprint density at radius 1 is 1.43 bits per heavy atom. The Morgan fingerprint density at radius 2 is 2.05 bits per heavy atom. The highest BCUT2D eigenvalue weighted by Crippen LogP contribution is 2.19. The first-order valence-electron chi connectivity index (χ1n) is 6.82. The average Bonchev–Trinajstić information content (AvgIpc) is 2.74. The third kappa shape index (κ3) is 4.21. The van der Waals surface area contributed by atoms with Crippen LogP contribution in [0.15, 0.2) is 12.3 Å². The van der Waals surface area contributed by atoms with Crippen molar-refractivity contribution in [3.8, 4) is 0 Å². The van der Waals surface area contributed by atoms with Crippen LogP contribution in [0.4, 0.5) is 0 Å². The predicted octanol–water partition coefficient (Wildman–Crippen LogP) is 1.08. The molecule has 1 aliphatic heterocycles. The molecule has 0 bridgehead atoms. The van der Waals surface area contributed by atoms with Gasteiger partial charge in [-0.1, -0.05) is 11.6 Å². The average molecular weight is 334 g/mol. The van der Waals surface area contributed by atoms with Gasteiger partial charge in [-0.15, -0.1) is 0 Å². The molecule has 1 aromatic rings. The number of aromatic nitrogens is 1. The largest absolute Gasteiger partial charge is 0.350 e. The minimum Gasteiger partial charge on any atom is -0.350 e. The maximum atomic E-state index is 12.0. The molecule has 1 N–H and O–H groups in total. The number of nitrogens with one attached hydrogen (secondary N) is 1. The van der Waals surface area contributed by atoms with E-state index in [4.69, 9.17) is 11.6 Å². The molecule has 0 aromatic carbocycles. The monoisotopic (exact) mass is 333 g/mol. The molecule has 0 unspecified atom stereocenters. The summed E-state index contributed by atoms with van der Waals surface area (Å²) < 4.78 is 26.0. The summed E-state index contributed by atoms with van der Waals surface area (Å²) in [6.07, 6.45) is 4.44. The fraction of sp³-hybridized carbons (Fsp3) is 0.615. The summed E-state index contributed by atoms with van der Waals surface area (Å²) in [6, 6.07) is 1.63. The van der Waals surface area contributed by atoms with Gasteiger partial charge in [0, 0.05) is 32.9 Å². The summed E-state index contributed by atoms with van der Waals surface area (Å²) in [7, 11) is -1.33. The molecule has 0 aliphatic carbocycles. The molecule has 118 valence electrons. The molecular weight excluding hydrogens is 314 g/mol. The number of hydrogen-bond acceptors (Lipinski definition) is 3. The van der Waals surface area contributed by atoms with Gasteiger partial charge in [-0.05, 0) is 24.8 Å². The molecule has 0 spiro atoms. The van der Waals surface area contributed by atoms with Crippen LogP contribution in [-0.4, -0.2) is 49.1 Å².